The van der Waals surface area contributed by atoms with Gasteiger partial charge in [-0.15, -0.1) is 0 Å². The number of furan rings is 1. The van der Waals surface area contributed by atoms with Gasteiger partial charge in [0.05, 0.1) is 21.9 Å². The molecule has 0 bridgehead atoms. The van der Waals surface area contributed by atoms with Crippen molar-refractivity contribution in [2.75, 3.05) is 0 Å². The topological polar surface area (TPSA) is 13.1 Å². The number of hydrogen-bond acceptors (Lipinski definition) is 1. The molecule has 53 heavy (non-hydrogen) atoms. The van der Waals surface area contributed by atoms with Gasteiger partial charge in [-0.2, -0.15) is 0 Å². The summed E-state index contributed by atoms with van der Waals surface area (Å²) >= 11 is 0. The van der Waals surface area contributed by atoms with Gasteiger partial charge < -0.3 is 4.42 Å². The Labute approximate surface area is 329 Å². The zero-order valence-corrected chi connectivity index (χ0v) is 27.6. The van der Waals surface area contributed by atoms with Crippen LogP contribution in [0.25, 0.3) is 110 Å². The van der Waals surface area contributed by atoms with Crippen LogP contribution >= 0.6 is 0 Å². The molecule has 0 aliphatic heterocycles. The van der Waals surface area contributed by atoms with Gasteiger partial charge in [0, 0.05) is 10.8 Å². The van der Waals surface area contributed by atoms with E-state index in [2.05, 4.69) is 0 Å². The quantitative estimate of drug-likeness (QED) is 0.168. The van der Waals surface area contributed by atoms with Crippen LogP contribution in [0.5, 0.6) is 0 Å². The van der Waals surface area contributed by atoms with Crippen LogP contribution < -0.4 is 0 Å². The highest BCUT2D eigenvalue weighted by molar-refractivity contribution is 6.27. The van der Waals surface area contributed by atoms with E-state index < -0.39 is 96.7 Å². The second-order valence-electron chi connectivity index (χ2n) is 12.7. The lowest BCUT2D eigenvalue weighted by Gasteiger charge is -2.18. The maximum Gasteiger partial charge on any atom is 0.136 e. The minimum atomic E-state index is -0.564. The van der Waals surface area contributed by atoms with Crippen LogP contribution in [0.2, 0.25) is 0 Å². The van der Waals surface area contributed by atoms with E-state index in [1.807, 2.05) is 0 Å². The van der Waals surface area contributed by atoms with Gasteiger partial charge in [0.15, 0.2) is 0 Å². The lowest BCUT2D eigenvalue weighted by Crippen LogP contribution is -1.91. The van der Waals surface area contributed by atoms with E-state index in [1.165, 1.54) is 0 Å². The van der Waals surface area contributed by atoms with Crippen molar-refractivity contribution in [3.8, 4) is 44.5 Å². The van der Waals surface area contributed by atoms with Crippen molar-refractivity contribution in [3.05, 3.63) is 194 Å². The summed E-state index contributed by atoms with van der Waals surface area (Å²) in [6, 6.07) is 19.4. The Balaban J connectivity index is 1.36. The number of rotatable bonds is 4. The van der Waals surface area contributed by atoms with E-state index >= 15 is 0 Å². The van der Waals surface area contributed by atoms with Crippen LogP contribution in [0.3, 0.4) is 0 Å². The number of hydrogen-bond donors (Lipinski definition) is 0. The summed E-state index contributed by atoms with van der Waals surface area (Å²) in [5.41, 5.74) is 2.65. The van der Waals surface area contributed by atoms with Crippen LogP contribution in [0.15, 0.2) is 198 Å². The first-order valence-electron chi connectivity index (χ1n) is 25.0. The Bertz CT molecular complexity index is 3970. The van der Waals surface area contributed by atoms with Gasteiger partial charge >= 0.3 is 0 Å². The fourth-order valence-corrected chi connectivity index (χ4v) is 7.79. The molecule has 0 N–H and O–H groups in total. The Kier molecular flexibility index (Phi) is 4.01. The second-order valence-corrected chi connectivity index (χ2v) is 12.7. The van der Waals surface area contributed by atoms with Gasteiger partial charge in [0.2, 0.25) is 0 Å². The van der Waals surface area contributed by atoms with Crippen LogP contribution in [0.4, 0.5) is 0 Å². The maximum absolute atomic E-state index is 9.49. The third-order valence-corrected chi connectivity index (χ3v) is 9.93. The highest BCUT2D eigenvalue weighted by Crippen LogP contribution is 2.48. The van der Waals surface area contributed by atoms with Gasteiger partial charge in [-0.05, 0) is 106 Å². The molecule has 0 radical (unpaired) electrons. The molecule has 0 aliphatic rings. The summed E-state index contributed by atoms with van der Waals surface area (Å²) in [6.07, 6.45) is 0. The minimum absolute atomic E-state index is 0.00382. The molecule has 1 nitrogen and oxygen atoms in total. The van der Waals surface area contributed by atoms with Gasteiger partial charge in [-0.25, -0.2) is 0 Å². The Morgan fingerprint density at radius 3 is 1.19 bits per heavy atom. The first-order chi connectivity index (χ1) is 33.0. The minimum Gasteiger partial charge on any atom is -0.456 e. The highest BCUT2D eigenvalue weighted by atomic mass is 16.3. The molecule has 0 atom stereocenters. The Hall–Kier alpha value is -6.96. The molecule has 1 heteroatoms. The van der Waals surface area contributed by atoms with E-state index in [9.17, 15) is 11.0 Å². The zero-order valence-electron chi connectivity index (χ0n) is 43.6. The van der Waals surface area contributed by atoms with E-state index in [1.54, 1.807) is 97.1 Å². The summed E-state index contributed by atoms with van der Waals surface area (Å²) in [5, 5.41) is 0.887. The average molecular weight is 689 g/mol. The third-order valence-electron chi connectivity index (χ3n) is 9.93. The first kappa shape index (κ1) is 18.0. The summed E-state index contributed by atoms with van der Waals surface area (Å²) in [6.45, 7) is 0. The molecule has 0 aliphatic carbocycles. The molecule has 0 fully saturated rings. The zero-order chi connectivity index (χ0) is 48.8. The van der Waals surface area contributed by atoms with E-state index in [0.717, 1.165) is 0 Å². The van der Waals surface area contributed by atoms with Crippen LogP contribution in [-0.2, 0) is 0 Å². The van der Waals surface area contributed by atoms with Crippen LogP contribution in [0.1, 0.15) is 21.9 Å². The van der Waals surface area contributed by atoms with E-state index in [-0.39, 0.29) is 82.1 Å². The molecule has 0 unspecified atom stereocenters. The van der Waals surface area contributed by atoms with Gasteiger partial charge in [-0.3, -0.25) is 0 Å². The molecule has 1 heterocycles. The second kappa shape index (κ2) is 11.8. The molecule has 10 aromatic carbocycles. The van der Waals surface area contributed by atoms with Crippen molar-refractivity contribution < 1.29 is 26.3 Å². The molecule has 0 spiro atoms. The summed E-state index contributed by atoms with van der Waals surface area (Å²) in [4.78, 5) is 0. The van der Waals surface area contributed by atoms with Crippen molar-refractivity contribution in [3.63, 3.8) is 0 Å². The summed E-state index contributed by atoms with van der Waals surface area (Å²) < 4.78 is 153. The van der Waals surface area contributed by atoms with Gasteiger partial charge in [0.1, 0.15) is 11.2 Å². The fourth-order valence-electron chi connectivity index (χ4n) is 7.79. The van der Waals surface area contributed by atoms with Crippen molar-refractivity contribution in [1.29, 1.82) is 0 Å². The number of fused-ring (bicyclic) bond motifs is 7. The standard InChI is InChI=1S/C52H32O/c1-3-16-33(17-4-1)48-36-20-7-9-22-38(36)50(39-23-10-8-21-37(39)48)35-30-31-46-45(32-35)52-44(28-15-29-47(52)53-46)51-42-26-13-11-24-40(42)49(34-18-5-2-6-19-34)41-25-12-14-27-43(41)51/h1-32H/i7D,8D,9D,10D,11D,12D,13D,14D,20D,21D,22D,23D,24D,25D,26D,27D. The Morgan fingerprint density at radius 2 is 0.736 bits per heavy atom. The van der Waals surface area contributed by atoms with Crippen molar-refractivity contribution >= 4 is 65.0 Å². The van der Waals surface area contributed by atoms with Crippen molar-refractivity contribution in [1.82, 2.24) is 0 Å². The predicted octanol–water partition coefficient (Wildman–Crippen LogP) is 14.9. The lowest BCUT2D eigenvalue weighted by molar-refractivity contribution is 0.669. The molecular formula is C52H32O. The van der Waals surface area contributed by atoms with E-state index in [0.29, 0.717) is 27.5 Å². The fraction of sp³-hybridized carbons (Fsp3) is 0. The van der Waals surface area contributed by atoms with Crippen molar-refractivity contribution in [2.45, 2.75) is 0 Å². The first-order valence-corrected chi connectivity index (χ1v) is 17.0. The molecule has 11 aromatic rings. The maximum atomic E-state index is 9.49. The normalized spacial score (nSPS) is 16.0. The molecule has 246 valence electrons. The number of benzene rings is 10. The average Bonchev–Trinajstić information content (AvgIpc) is 3.75. The smallest absolute Gasteiger partial charge is 0.136 e. The Morgan fingerprint density at radius 1 is 0.321 bits per heavy atom. The molecule has 11 rings (SSSR count). The molecule has 0 saturated heterocycles. The SMILES string of the molecule is [2H]c1c([2H])c([2H])c2c(-c3ccc4oc5cccc(-c6c7c([2H])c([2H])c([2H])c([2H])c7c(-c7ccccc7)c7c([2H])c([2H])c([2H])c([2H])c67)c5c4c3)c3c([2H])c([2H])c([2H])c([2H])c3c(-c3ccccc3)c2c1[2H]. The molecular weight excluding hydrogens is 641 g/mol. The molecule has 0 amide bonds. The molecule has 1 aromatic heterocycles. The van der Waals surface area contributed by atoms with Gasteiger partial charge in [-0.1, -0.05) is 176 Å². The van der Waals surface area contributed by atoms with Crippen LogP contribution in [0, 0.1) is 0 Å². The largest absolute Gasteiger partial charge is 0.456 e. The summed E-state index contributed by atoms with van der Waals surface area (Å²) in [7, 11) is 0. The van der Waals surface area contributed by atoms with Crippen LogP contribution in [-0.4, -0.2) is 0 Å². The van der Waals surface area contributed by atoms with Gasteiger partial charge in [0.25, 0.3) is 0 Å². The highest BCUT2D eigenvalue weighted by Gasteiger charge is 2.22. The molecule has 0 saturated carbocycles. The third kappa shape index (κ3) is 4.51. The van der Waals surface area contributed by atoms with Crippen molar-refractivity contribution in [2.24, 2.45) is 0 Å². The lowest BCUT2D eigenvalue weighted by atomic mass is 9.84. The monoisotopic (exact) mass is 688 g/mol. The van der Waals surface area contributed by atoms with E-state index in [4.69, 9.17) is 15.4 Å². The predicted molar refractivity (Wildman–Crippen MR) is 225 cm³/mol. The summed E-state index contributed by atoms with van der Waals surface area (Å²) in [5.74, 6) is 0.